The molecule has 3 aromatic rings. The first-order chi connectivity index (χ1) is 13.3. The molecule has 0 saturated carbocycles. The second-order valence-electron chi connectivity index (χ2n) is 7.18. The van der Waals surface area contributed by atoms with Crippen LogP contribution in [0.1, 0.15) is 26.3 Å². The first-order valence-electron chi connectivity index (χ1n) is 8.78. The molecule has 7 nitrogen and oxygen atoms in total. The van der Waals surface area contributed by atoms with Gasteiger partial charge in [0, 0.05) is 24.2 Å². The van der Waals surface area contributed by atoms with Gasteiger partial charge in [0.25, 0.3) is 0 Å². The number of carbonyl (C=O) groups is 1. The lowest BCUT2D eigenvalue weighted by atomic mass is 9.86. The monoisotopic (exact) mass is 378 g/mol. The molecule has 2 heterocycles. The maximum atomic E-state index is 12.3. The van der Waals surface area contributed by atoms with Gasteiger partial charge in [-0.2, -0.15) is 4.99 Å². The summed E-state index contributed by atoms with van der Waals surface area (Å²) in [6.45, 7) is 6.31. The number of anilines is 1. The van der Waals surface area contributed by atoms with Crippen LogP contribution in [-0.4, -0.2) is 21.0 Å². The molecule has 1 aromatic carbocycles. The number of nitrogens with one attached hydrogen (secondary N) is 1. The van der Waals surface area contributed by atoms with E-state index in [0.717, 1.165) is 10.3 Å². The fraction of sp³-hybridized carbons (Fsp3) is 0.190. The topological polar surface area (TPSA) is 88.7 Å². The number of pyridine rings is 2. The normalized spacial score (nSPS) is 11.0. The van der Waals surface area contributed by atoms with Gasteiger partial charge in [-0.3, -0.25) is 0 Å². The Bertz CT molecular complexity index is 1030. The predicted molar refractivity (Wildman–Crippen MR) is 106 cm³/mol. The summed E-state index contributed by atoms with van der Waals surface area (Å²) in [5.41, 5.74) is 1.33. The Morgan fingerprint density at radius 1 is 1.11 bits per heavy atom. The van der Waals surface area contributed by atoms with Gasteiger partial charge in [-0.05, 0) is 35.7 Å². The molecule has 28 heavy (non-hydrogen) atoms. The first-order valence-corrected chi connectivity index (χ1v) is 8.78. The summed E-state index contributed by atoms with van der Waals surface area (Å²) in [6.07, 6.45) is 4.36. The van der Waals surface area contributed by atoms with E-state index in [2.05, 4.69) is 36.1 Å². The van der Waals surface area contributed by atoms with E-state index >= 15 is 0 Å². The second-order valence-corrected chi connectivity index (χ2v) is 7.18. The third kappa shape index (κ3) is 4.76. The molecule has 0 spiro atoms. The Hall–Kier alpha value is -3.61. The van der Waals surface area contributed by atoms with Gasteiger partial charge in [-0.25, -0.2) is 14.5 Å². The minimum absolute atomic E-state index is 0.110. The highest BCUT2D eigenvalue weighted by Crippen LogP contribution is 2.35. The molecule has 0 saturated heterocycles. The molecule has 0 aliphatic rings. The predicted octanol–water partition coefficient (Wildman–Crippen LogP) is 4.34. The zero-order chi connectivity index (χ0) is 20.1. The van der Waals surface area contributed by atoms with Crippen LogP contribution in [0.15, 0.2) is 72.1 Å². The third-order valence-corrected chi connectivity index (χ3v) is 3.94. The van der Waals surface area contributed by atoms with Crippen molar-refractivity contribution in [2.75, 3.05) is 5.32 Å². The number of carbonyl (C=O) groups excluding carboxylic acids is 1. The van der Waals surface area contributed by atoms with Crippen LogP contribution < -0.4 is 15.4 Å². The number of amides is 2. The van der Waals surface area contributed by atoms with Crippen molar-refractivity contribution in [1.29, 1.82) is 0 Å². The largest absolute Gasteiger partial charge is 0.437 e. The van der Waals surface area contributed by atoms with Crippen LogP contribution >= 0.6 is 0 Å². The average molecular weight is 378 g/mol. The molecular weight excluding hydrogens is 356 g/mol. The third-order valence-electron chi connectivity index (χ3n) is 3.94. The minimum atomic E-state index is -0.572. The van der Waals surface area contributed by atoms with Gasteiger partial charge in [-0.1, -0.05) is 39.0 Å². The van der Waals surface area contributed by atoms with Crippen molar-refractivity contribution in [2.24, 2.45) is 4.99 Å². The molecule has 2 amide bonds. The average Bonchev–Trinajstić information content (AvgIpc) is 2.65. The number of ether oxygens (including phenoxy) is 1. The van der Waals surface area contributed by atoms with E-state index in [1.807, 2.05) is 24.3 Å². The van der Waals surface area contributed by atoms with Crippen LogP contribution in [0.2, 0.25) is 0 Å². The summed E-state index contributed by atoms with van der Waals surface area (Å²) in [5, 5.41) is 12.3. The smallest absolute Gasteiger partial charge is 0.346 e. The number of hydrogen-bond donors (Lipinski definition) is 2. The van der Waals surface area contributed by atoms with Crippen molar-refractivity contribution in [3.05, 3.63) is 78.0 Å². The summed E-state index contributed by atoms with van der Waals surface area (Å²) in [4.78, 5) is 20.5. The number of para-hydroxylation sites is 1. The zero-order valence-corrected chi connectivity index (χ0v) is 16.0. The number of nitrogens with zero attached hydrogens (tertiary/aromatic N) is 3. The van der Waals surface area contributed by atoms with Gasteiger partial charge in [0.15, 0.2) is 0 Å². The van der Waals surface area contributed by atoms with Gasteiger partial charge in [0.2, 0.25) is 5.88 Å². The van der Waals surface area contributed by atoms with Crippen LogP contribution in [0.4, 0.5) is 10.5 Å². The summed E-state index contributed by atoms with van der Waals surface area (Å²) < 4.78 is 6.90. The van der Waals surface area contributed by atoms with E-state index in [1.165, 1.54) is 24.5 Å². The van der Waals surface area contributed by atoms with Gasteiger partial charge in [0.1, 0.15) is 11.4 Å². The maximum absolute atomic E-state index is 12.3. The zero-order valence-electron chi connectivity index (χ0n) is 16.0. The lowest BCUT2D eigenvalue weighted by molar-refractivity contribution is 0.184. The molecule has 0 fully saturated rings. The van der Waals surface area contributed by atoms with E-state index < -0.39 is 6.03 Å². The first kappa shape index (κ1) is 19.2. The SMILES string of the molecule is CC(C)(C)c1ccccc1Oc1ncccc1NC(=O)N=c1ccn(O)cc1. The van der Waals surface area contributed by atoms with Crippen LogP contribution in [0.5, 0.6) is 11.6 Å². The fourth-order valence-electron chi connectivity index (χ4n) is 2.59. The Morgan fingerprint density at radius 3 is 2.54 bits per heavy atom. The van der Waals surface area contributed by atoms with E-state index in [4.69, 9.17) is 4.74 Å². The summed E-state index contributed by atoms with van der Waals surface area (Å²) in [6, 6.07) is 13.6. The number of aromatic nitrogens is 2. The van der Waals surface area contributed by atoms with Crippen molar-refractivity contribution >= 4 is 11.7 Å². The van der Waals surface area contributed by atoms with Crippen molar-refractivity contribution in [2.45, 2.75) is 26.2 Å². The molecule has 144 valence electrons. The standard InChI is InChI=1S/C21H22N4O3/c1-21(2,3)16-7-4-5-9-18(16)28-19-17(8-6-12-22-19)24-20(26)23-15-10-13-25(27)14-11-15/h4-14,27H,1-3H3,(H,24,26). The molecule has 2 N–H and O–H groups in total. The molecule has 0 aliphatic heterocycles. The Labute approximate surface area is 162 Å². The van der Waals surface area contributed by atoms with Gasteiger partial charge in [0.05, 0.1) is 5.36 Å². The number of urea groups is 1. The second kappa shape index (κ2) is 7.96. The van der Waals surface area contributed by atoms with Crippen molar-refractivity contribution in [3.8, 4) is 11.6 Å². The summed E-state index contributed by atoms with van der Waals surface area (Å²) >= 11 is 0. The lowest BCUT2D eigenvalue weighted by Crippen LogP contribution is -2.14. The fourth-order valence-corrected chi connectivity index (χ4v) is 2.59. The number of rotatable bonds is 3. The van der Waals surface area contributed by atoms with E-state index in [1.54, 1.807) is 18.3 Å². The van der Waals surface area contributed by atoms with Crippen LogP contribution in [0, 0.1) is 0 Å². The highest BCUT2D eigenvalue weighted by Gasteiger charge is 2.20. The van der Waals surface area contributed by atoms with E-state index in [0.29, 0.717) is 16.8 Å². The molecule has 0 aliphatic carbocycles. The molecule has 0 bridgehead atoms. The van der Waals surface area contributed by atoms with Crippen LogP contribution in [0.25, 0.3) is 0 Å². The quantitative estimate of drug-likeness (QED) is 0.664. The van der Waals surface area contributed by atoms with Crippen LogP contribution in [0.3, 0.4) is 0 Å². The van der Waals surface area contributed by atoms with Crippen LogP contribution in [-0.2, 0) is 5.41 Å². The molecule has 7 heteroatoms. The highest BCUT2D eigenvalue weighted by molar-refractivity contribution is 5.91. The Morgan fingerprint density at radius 2 is 1.82 bits per heavy atom. The molecular formula is C21H22N4O3. The van der Waals surface area contributed by atoms with E-state index in [-0.39, 0.29) is 11.3 Å². The minimum Gasteiger partial charge on any atom is -0.437 e. The van der Waals surface area contributed by atoms with Gasteiger partial charge in [-0.15, -0.1) is 0 Å². The Balaban J connectivity index is 1.86. The van der Waals surface area contributed by atoms with Gasteiger partial charge < -0.3 is 15.3 Å². The summed E-state index contributed by atoms with van der Waals surface area (Å²) in [7, 11) is 0. The molecule has 0 atom stereocenters. The molecule has 2 aromatic heterocycles. The van der Waals surface area contributed by atoms with Gasteiger partial charge >= 0.3 is 6.03 Å². The van der Waals surface area contributed by atoms with Crippen molar-refractivity contribution < 1.29 is 14.7 Å². The molecule has 0 radical (unpaired) electrons. The molecule has 0 unspecified atom stereocenters. The number of benzene rings is 1. The molecule has 3 rings (SSSR count). The lowest BCUT2D eigenvalue weighted by Gasteiger charge is -2.22. The van der Waals surface area contributed by atoms with Crippen molar-refractivity contribution in [3.63, 3.8) is 0 Å². The highest BCUT2D eigenvalue weighted by atomic mass is 16.5. The van der Waals surface area contributed by atoms with Crippen molar-refractivity contribution in [1.82, 2.24) is 9.71 Å². The van der Waals surface area contributed by atoms with E-state index in [9.17, 15) is 10.0 Å². The maximum Gasteiger partial charge on any atom is 0.346 e. The summed E-state index contributed by atoms with van der Waals surface area (Å²) in [5.74, 6) is 0.959. The Kier molecular flexibility index (Phi) is 5.44. The number of hydrogen-bond acceptors (Lipinski definition) is 4.